The highest BCUT2D eigenvalue weighted by Gasteiger charge is 2.25. The summed E-state index contributed by atoms with van der Waals surface area (Å²) in [5.74, 6) is 0.282. The van der Waals surface area contributed by atoms with E-state index < -0.39 is 6.03 Å². The van der Waals surface area contributed by atoms with Crippen LogP contribution in [0.15, 0.2) is 61.9 Å². The molecule has 1 aromatic heterocycles. The fourth-order valence-corrected chi connectivity index (χ4v) is 5.02. The molecule has 1 aliphatic carbocycles. The molecule has 3 aromatic rings. The fraction of sp³-hybridized carbons (Fsp3) is 0.227. The van der Waals surface area contributed by atoms with Crippen molar-refractivity contribution in [1.29, 1.82) is 0 Å². The number of benzene rings is 2. The fourth-order valence-electron chi connectivity index (χ4n) is 3.88. The van der Waals surface area contributed by atoms with Crippen LogP contribution in [0, 0.1) is 6.92 Å². The number of nitrogens with zero attached hydrogens (tertiary/aromatic N) is 3. The molecule has 1 aliphatic heterocycles. The Morgan fingerprint density at radius 2 is 2.03 bits per heavy atom. The molecule has 2 N–H and O–H groups in total. The van der Waals surface area contributed by atoms with Gasteiger partial charge in [0.2, 0.25) is 5.88 Å². The smallest absolute Gasteiger partial charge is 0.338 e. The first-order valence-corrected chi connectivity index (χ1v) is 10.7. The summed E-state index contributed by atoms with van der Waals surface area (Å²) in [6, 6.07) is 14.2. The second kappa shape index (κ2) is 7.87. The first-order valence-electron chi connectivity index (χ1n) is 9.89. The standard InChI is InChI=1S/C22H21N5O2S/c1-14-11-21(29-26-14)24-22(28)25-23-9-10-27-17-7-2-3-8-19(17)30-20-13-16-6-4-5-15(16)12-18(20)27/h2-3,7-9,11-13H,4-6,10H2,1H3,(H2,24,25,28)/b23-9+. The van der Waals surface area contributed by atoms with Gasteiger partial charge in [-0.2, -0.15) is 5.10 Å². The largest absolute Gasteiger partial charge is 0.342 e. The Morgan fingerprint density at radius 3 is 2.87 bits per heavy atom. The van der Waals surface area contributed by atoms with Gasteiger partial charge in [0.15, 0.2) is 0 Å². The van der Waals surface area contributed by atoms with E-state index in [0.717, 1.165) is 18.5 Å². The van der Waals surface area contributed by atoms with Gasteiger partial charge in [0.05, 0.1) is 23.6 Å². The van der Waals surface area contributed by atoms with Gasteiger partial charge in [-0.25, -0.2) is 10.2 Å². The summed E-state index contributed by atoms with van der Waals surface area (Å²) in [5, 5.41) is 10.4. The van der Waals surface area contributed by atoms with Crippen LogP contribution in [0.2, 0.25) is 0 Å². The van der Waals surface area contributed by atoms with Gasteiger partial charge in [-0.3, -0.25) is 5.32 Å². The lowest BCUT2D eigenvalue weighted by molar-refractivity contribution is 0.251. The van der Waals surface area contributed by atoms with Crippen molar-refractivity contribution in [2.45, 2.75) is 36.0 Å². The van der Waals surface area contributed by atoms with Gasteiger partial charge in [0, 0.05) is 22.1 Å². The minimum atomic E-state index is -0.477. The molecule has 30 heavy (non-hydrogen) atoms. The lowest BCUT2D eigenvalue weighted by Crippen LogP contribution is -2.26. The van der Waals surface area contributed by atoms with Crippen molar-refractivity contribution in [2.75, 3.05) is 16.8 Å². The van der Waals surface area contributed by atoms with E-state index in [1.807, 2.05) is 17.8 Å². The highest BCUT2D eigenvalue weighted by Crippen LogP contribution is 2.49. The number of rotatable bonds is 4. The lowest BCUT2D eigenvalue weighted by Gasteiger charge is -2.32. The van der Waals surface area contributed by atoms with Gasteiger partial charge >= 0.3 is 6.03 Å². The number of hydrogen-bond donors (Lipinski definition) is 2. The van der Waals surface area contributed by atoms with Gasteiger partial charge < -0.3 is 9.42 Å². The van der Waals surface area contributed by atoms with E-state index in [2.05, 4.69) is 56.2 Å². The highest BCUT2D eigenvalue weighted by molar-refractivity contribution is 7.99. The predicted octanol–water partition coefficient (Wildman–Crippen LogP) is 4.88. The lowest BCUT2D eigenvalue weighted by atomic mass is 10.1. The van der Waals surface area contributed by atoms with Crippen molar-refractivity contribution in [3.8, 4) is 0 Å². The number of carbonyl (C=O) groups is 1. The van der Waals surface area contributed by atoms with Crippen molar-refractivity contribution >= 4 is 41.3 Å². The van der Waals surface area contributed by atoms with Crippen LogP contribution < -0.4 is 15.6 Å². The summed E-state index contributed by atoms with van der Waals surface area (Å²) < 4.78 is 4.97. The average Bonchev–Trinajstić information content (AvgIpc) is 3.37. The van der Waals surface area contributed by atoms with E-state index in [1.54, 1.807) is 19.2 Å². The molecule has 0 spiro atoms. The monoisotopic (exact) mass is 419 g/mol. The first kappa shape index (κ1) is 18.7. The van der Waals surface area contributed by atoms with E-state index >= 15 is 0 Å². The Morgan fingerprint density at radius 1 is 1.20 bits per heavy atom. The molecule has 8 heteroatoms. The summed E-state index contributed by atoms with van der Waals surface area (Å²) in [4.78, 5) is 16.7. The second-order valence-electron chi connectivity index (χ2n) is 7.33. The Kier molecular flexibility index (Phi) is 4.92. The zero-order valence-electron chi connectivity index (χ0n) is 16.5. The van der Waals surface area contributed by atoms with Crippen LogP contribution >= 0.6 is 11.8 Å². The maximum atomic E-state index is 12.0. The summed E-state index contributed by atoms with van der Waals surface area (Å²) in [6.45, 7) is 2.33. The number of hydrazone groups is 1. The molecule has 0 bridgehead atoms. The number of aryl methyl sites for hydroxylation is 3. The minimum Gasteiger partial charge on any atom is -0.338 e. The number of hydrogen-bond acceptors (Lipinski definition) is 6. The van der Waals surface area contributed by atoms with Gasteiger partial charge in [-0.05, 0) is 61.6 Å². The molecule has 0 atom stereocenters. The van der Waals surface area contributed by atoms with Gasteiger partial charge in [0.1, 0.15) is 0 Å². The summed E-state index contributed by atoms with van der Waals surface area (Å²) in [7, 11) is 0. The quantitative estimate of drug-likeness (QED) is 0.465. The first-order chi connectivity index (χ1) is 14.7. The normalized spacial score (nSPS) is 14.4. The number of nitrogens with one attached hydrogen (secondary N) is 2. The molecule has 2 aromatic carbocycles. The molecule has 0 fully saturated rings. The Bertz CT molecular complexity index is 1140. The Hall–Kier alpha value is -3.26. The number of fused-ring (bicyclic) bond motifs is 3. The van der Waals surface area contributed by atoms with Crippen LogP contribution in [-0.2, 0) is 12.8 Å². The van der Waals surface area contributed by atoms with Crippen LogP contribution in [0.5, 0.6) is 0 Å². The summed E-state index contributed by atoms with van der Waals surface area (Å²) in [6.07, 6.45) is 5.23. The van der Waals surface area contributed by atoms with E-state index in [4.69, 9.17) is 4.52 Å². The molecule has 7 nitrogen and oxygen atoms in total. The molecule has 2 amide bonds. The molecule has 2 aliphatic rings. The maximum Gasteiger partial charge on any atom is 0.342 e. The second-order valence-corrected chi connectivity index (χ2v) is 8.42. The molecule has 2 heterocycles. The predicted molar refractivity (Wildman–Crippen MR) is 118 cm³/mol. The summed E-state index contributed by atoms with van der Waals surface area (Å²) in [5.41, 5.74) is 8.43. The number of para-hydroxylation sites is 1. The molecular formula is C22H21N5O2S. The Balaban J connectivity index is 1.32. The average molecular weight is 420 g/mol. The third-order valence-electron chi connectivity index (χ3n) is 5.23. The summed E-state index contributed by atoms with van der Waals surface area (Å²) >= 11 is 1.82. The van der Waals surface area contributed by atoms with E-state index in [-0.39, 0.29) is 5.88 Å². The Labute approximate surface area is 178 Å². The van der Waals surface area contributed by atoms with Crippen molar-refractivity contribution in [3.63, 3.8) is 0 Å². The molecule has 0 radical (unpaired) electrons. The van der Waals surface area contributed by atoms with Crippen LogP contribution in [-0.4, -0.2) is 23.9 Å². The zero-order chi connectivity index (χ0) is 20.5. The van der Waals surface area contributed by atoms with Crippen LogP contribution in [0.3, 0.4) is 0 Å². The number of aromatic nitrogens is 1. The molecule has 0 saturated heterocycles. The number of carbonyl (C=O) groups excluding carboxylic acids is 1. The van der Waals surface area contributed by atoms with Gasteiger partial charge in [0.25, 0.3) is 0 Å². The van der Waals surface area contributed by atoms with Crippen LogP contribution in [0.4, 0.5) is 22.1 Å². The van der Waals surface area contributed by atoms with Crippen molar-refractivity contribution in [3.05, 3.63) is 59.3 Å². The van der Waals surface area contributed by atoms with Gasteiger partial charge in [-0.1, -0.05) is 29.1 Å². The topological polar surface area (TPSA) is 82.8 Å². The van der Waals surface area contributed by atoms with Crippen molar-refractivity contribution in [1.82, 2.24) is 10.6 Å². The number of urea groups is 1. The van der Waals surface area contributed by atoms with Crippen LogP contribution in [0.25, 0.3) is 0 Å². The SMILES string of the molecule is Cc1cc(NC(=O)N/N=C/CN2c3ccccc3Sc3cc4c(cc32)CCC4)on1. The molecule has 0 saturated carbocycles. The molecular weight excluding hydrogens is 398 g/mol. The maximum absolute atomic E-state index is 12.0. The van der Waals surface area contributed by atoms with Gasteiger partial charge in [-0.15, -0.1) is 0 Å². The van der Waals surface area contributed by atoms with E-state index in [1.165, 1.54) is 33.0 Å². The number of anilines is 3. The van der Waals surface area contributed by atoms with E-state index in [9.17, 15) is 4.79 Å². The third kappa shape index (κ3) is 3.66. The minimum absolute atomic E-state index is 0.282. The zero-order valence-corrected chi connectivity index (χ0v) is 17.3. The molecule has 152 valence electrons. The van der Waals surface area contributed by atoms with Crippen molar-refractivity contribution < 1.29 is 9.32 Å². The van der Waals surface area contributed by atoms with Crippen LogP contribution in [0.1, 0.15) is 23.2 Å². The number of amides is 2. The van der Waals surface area contributed by atoms with E-state index in [0.29, 0.717) is 12.2 Å². The molecule has 0 unspecified atom stereocenters. The highest BCUT2D eigenvalue weighted by atomic mass is 32.2. The molecule has 5 rings (SSSR count). The van der Waals surface area contributed by atoms with Crippen molar-refractivity contribution in [2.24, 2.45) is 5.10 Å². The third-order valence-corrected chi connectivity index (χ3v) is 6.34.